The molecule has 1 aliphatic heterocycles. The van der Waals surface area contributed by atoms with Crippen LogP contribution in [-0.4, -0.2) is 80.0 Å². The highest BCUT2D eigenvalue weighted by Gasteiger charge is 2.41. The van der Waals surface area contributed by atoms with Crippen molar-refractivity contribution in [2.75, 3.05) is 29.1 Å². The third-order valence-electron chi connectivity index (χ3n) is 5.38. The van der Waals surface area contributed by atoms with Gasteiger partial charge in [-0.3, -0.25) is 9.17 Å². The maximum absolute atomic E-state index is 13.3. The Hall–Kier alpha value is -3.13. The number of anilines is 2. The maximum atomic E-state index is 13.3. The fraction of sp³-hybridized carbons (Fsp3) is 0.704. The summed E-state index contributed by atoms with van der Waals surface area (Å²) in [7, 11) is -3.87. The number of hydrogen-bond acceptors (Lipinski definition) is 11. The molecule has 0 radical (unpaired) electrons. The van der Waals surface area contributed by atoms with Crippen molar-refractivity contribution in [1.29, 1.82) is 0 Å². The fourth-order valence-corrected chi connectivity index (χ4v) is 4.84. The van der Waals surface area contributed by atoms with Gasteiger partial charge in [0, 0.05) is 25.2 Å². The molecule has 1 N–H and O–H groups in total. The molecular weight excluding hydrogens is 556 g/mol. The molecule has 2 rings (SSSR count). The molecule has 0 unspecified atom stereocenters. The number of amides is 3. The minimum atomic E-state index is -3.87. The first-order chi connectivity index (χ1) is 18.5. The molecule has 14 heteroatoms. The van der Waals surface area contributed by atoms with E-state index in [1.165, 1.54) is 12.4 Å². The quantitative estimate of drug-likeness (QED) is 0.376. The average Bonchev–Trinajstić information content (AvgIpc) is 2.71. The minimum Gasteiger partial charge on any atom is -0.444 e. The van der Waals surface area contributed by atoms with Gasteiger partial charge < -0.3 is 24.4 Å². The Balaban J connectivity index is 2.56. The van der Waals surface area contributed by atoms with Gasteiger partial charge >= 0.3 is 18.3 Å². The van der Waals surface area contributed by atoms with Crippen molar-refractivity contribution in [2.45, 2.75) is 98.2 Å². The first-order valence-electron chi connectivity index (χ1n) is 13.3. The monoisotopic (exact) mass is 600 g/mol. The van der Waals surface area contributed by atoms with Crippen LogP contribution in [0.3, 0.4) is 0 Å². The van der Waals surface area contributed by atoms with Crippen LogP contribution in [0.25, 0.3) is 0 Å². The van der Waals surface area contributed by atoms with Crippen molar-refractivity contribution in [3.05, 3.63) is 18.5 Å². The van der Waals surface area contributed by atoms with Crippen LogP contribution >= 0.6 is 0 Å². The molecule has 0 bridgehead atoms. The highest BCUT2D eigenvalue weighted by molar-refractivity contribution is 7.86. The number of carbonyl (C=O) groups excluding carboxylic acids is 3. The molecule has 41 heavy (non-hydrogen) atoms. The summed E-state index contributed by atoms with van der Waals surface area (Å²) >= 11 is 0. The number of nitrogens with zero attached hydrogens (tertiary/aromatic N) is 3. The molecule has 0 aliphatic carbocycles. The molecule has 1 saturated heterocycles. The van der Waals surface area contributed by atoms with Gasteiger partial charge in [0.1, 0.15) is 28.6 Å². The number of ether oxygens (including phenoxy) is 3. The van der Waals surface area contributed by atoms with Crippen LogP contribution in [-0.2, 0) is 28.5 Å². The summed E-state index contributed by atoms with van der Waals surface area (Å²) in [5, 5.41) is 2.73. The van der Waals surface area contributed by atoms with Crippen molar-refractivity contribution in [3.8, 4) is 0 Å². The summed E-state index contributed by atoms with van der Waals surface area (Å²) in [6.45, 7) is 17.2. The molecule has 1 aromatic rings. The van der Waals surface area contributed by atoms with E-state index in [0.29, 0.717) is 5.69 Å². The van der Waals surface area contributed by atoms with E-state index < -0.39 is 63.3 Å². The van der Waals surface area contributed by atoms with E-state index in [9.17, 15) is 22.8 Å². The van der Waals surface area contributed by atoms with E-state index in [1.54, 1.807) is 80.2 Å². The van der Waals surface area contributed by atoms with E-state index >= 15 is 0 Å². The Labute approximate surface area is 243 Å². The third-order valence-corrected chi connectivity index (χ3v) is 5.95. The molecule has 1 aliphatic rings. The number of hydrogen-bond donors (Lipinski definition) is 1. The van der Waals surface area contributed by atoms with E-state index in [4.69, 9.17) is 18.4 Å². The maximum Gasteiger partial charge on any atom is 0.424 e. The van der Waals surface area contributed by atoms with Gasteiger partial charge in [0.05, 0.1) is 24.2 Å². The van der Waals surface area contributed by atoms with Gasteiger partial charge in [0.2, 0.25) is 0 Å². The van der Waals surface area contributed by atoms with E-state index in [1.807, 2.05) is 0 Å². The molecule has 2 heterocycles. The zero-order valence-corrected chi connectivity index (χ0v) is 26.6. The summed E-state index contributed by atoms with van der Waals surface area (Å²) in [5.41, 5.74) is -2.15. The highest BCUT2D eigenvalue weighted by atomic mass is 32.2. The molecule has 3 atom stereocenters. The lowest BCUT2D eigenvalue weighted by Gasteiger charge is -2.43. The normalized spacial score (nSPS) is 20.2. The van der Waals surface area contributed by atoms with Crippen molar-refractivity contribution >= 4 is 39.8 Å². The summed E-state index contributed by atoms with van der Waals surface area (Å²) in [4.78, 5) is 46.1. The van der Waals surface area contributed by atoms with E-state index in [0.717, 1.165) is 11.2 Å². The van der Waals surface area contributed by atoms with Crippen LogP contribution in [0.15, 0.2) is 18.5 Å². The minimum absolute atomic E-state index is 0.0528. The van der Waals surface area contributed by atoms with E-state index in [2.05, 4.69) is 10.3 Å². The smallest absolute Gasteiger partial charge is 0.424 e. The van der Waals surface area contributed by atoms with Crippen molar-refractivity contribution in [2.24, 2.45) is 5.92 Å². The van der Waals surface area contributed by atoms with Gasteiger partial charge in [-0.05, 0) is 68.4 Å². The van der Waals surface area contributed by atoms with Crippen LogP contribution < -0.4 is 15.1 Å². The van der Waals surface area contributed by atoms with Crippen LogP contribution in [0.2, 0.25) is 0 Å². The van der Waals surface area contributed by atoms with Gasteiger partial charge in [0.25, 0.3) is 10.1 Å². The van der Waals surface area contributed by atoms with Gasteiger partial charge in [-0.25, -0.2) is 14.4 Å². The standard InChI is InChI=1S/C27H44N4O9S/c1-17-15-30(16-18(21(17)40-41(11,35)36)29-22(32)37-25(2,3)4)19-12-13-28-14-20(19)31(23(33)38-26(5,6)7)24(34)39-27(8,9)10/h12-14,17-18,21H,15-16H2,1-11H3,(H,29,32)/t17-,18+,21-/m1/s1. The lowest BCUT2D eigenvalue weighted by molar-refractivity contribution is 0.0378. The fourth-order valence-electron chi connectivity index (χ4n) is 4.12. The van der Waals surface area contributed by atoms with Gasteiger partial charge in [-0.15, -0.1) is 0 Å². The molecule has 13 nitrogen and oxygen atoms in total. The van der Waals surface area contributed by atoms with Crippen molar-refractivity contribution in [1.82, 2.24) is 10.3 Å². The number of piperidine rings is 1. The Kier molecular flexibility index (Phi) is 10.3. The van der Waals surface area contributed by atoms with Crippen LogP contribution in [0.5, 0.6) is 0 Å². The second-order valence-electron chi connectivity index (χ2n) is 13.1. The van der Waals surface area contributed by atoms with E-state index in [-0.39, 0.29) is 18.8 Å². The molecule has 1 fully saturated rings. The first kappa shape index (κ1) is 34.1. The number of pyridine rings is 1. The van der Waals surface area contributed by atoms with Crippen LogP contribution in [0.4, 0.5) is 25.8 Å². The van der Waals surface area contributed by atoms with Crippen LogP contribution in [0.1, 0.15) is 69.2 Å². The predicted octanol–water partition coefficient (Wildman–Crippen LogP) is 4.45. The largest absolute Gasteiger partial charge is 0.444 e. The molecule has 0 saturated carbocycles. The second-order valence-corrected chi connectivity index (χ2v) is 14.7. The number of alkyl carbamates (subject to hydrolysis) is 1. The van der Waals surface area contributed by atoms with Crippen molar-refractivity contribution < 1.29 is 41.2 Å². The highest BCUT2D eigenvalue weighted by Crippen LogP contribution is 2.35. The number of imide groups is 1. The van der Waals surface area contributed by atoms with Gasteiger partial charge in [0.15, 0.2) is 0 Å². The lowest BCUT2D eigenvalue weighted by atomic mass is 9.92. The van der Waals surface area contributed by atoms with Gasteiger partial charge in [-0.1, -0.05) is 6.92 Å². The molecule has 1 aromatic heterocycles. The average molecular weight is 601 g/mol. The zero-order valence-electron chi connectivity index (χ0n) is 25.8. The Bertz CT molecular complexity index is 1190. The zero-order chi connectivity index (χ0) is 31.6. The van der Waals surface area contributed by atoms with Crippen LogP contribution in [0, 0.1) is 5.92 Å². The molecular formula is C27H44N4O9S. The SMILES string of the molecule is C[C@@H]1CN(c2ccncc2N(C(=O)OC(C)(C)C)C(=O)OC(C)(C)C)C[C@H](NC(=O)OC(C)(C)C)[C@@H]1OS(C)(=O)=O. The Morgan fingerprint density at radius 1 is 0.927 bits per heavy atom. The molecule has 3 amide bonds. The summed E-state index contributed by atoms with van der Waals surface area (Å²) < 4.78 is 46.0. The topological polar surface area (TPSA) is 154 Å². The number of aromatic nitrogens is 1. The van der Waals surface area contributed by atoms with Crippen molar-refractivity contribution in [3.63, 3.8) is 0 Å². The lowest BCUT2D eigenvalue weighted by Crippen LogP contribution is -2.60. The molecule has 0 aromatic carbocycles. The number of carbonyl (C=O) groups is 3. The Morgan fingerprint density at radius 2 is 1.44 bits per heavy atom. The summed E-state index contributed by atoms with van der Waals surface area (Å²) in [6.07, 6.45) is 0.173. The second kappa shape index (κ2) is 12.4. The predicted molar refractivity (Wildman–Crippen MR) is 153 cm³/mol. The number of rotatable bonds is 5. The number of nitrogens with one attached hydrogen (secondary N) is 1. The first-order valence-corrected chi connectivity index (χ1v) is 15.1. The molecule has 232 valence electrons. The summed E-state index contributed by atoms with van der Waals surface area (Å²) in [6, 6.07) is 0.757. The third kappa shape index (κ3) is 11.0. The summed E-state index contributed by atoms with van der Waals surface area (Å²) in [5.74, 6) is -0.434. The molecule has 0 spiro atoms. The van der Waals surface area contributed by atoms with Gasteiger partial charge in [-0.2, -0.15) is 13.3 Å². The Morgan fingerprint density at radius 3 is 1.90 bits per heavy atom.